The van der Waals surface area contributed by atoms with Crippen LogP contribution in [0.5, 0.6) is 0 Å². The normalized spacial score (nSPS) is 11.3. The summed E-state index contributed by atoms with van der Waals surface area (Å²) >= 11 is 1.38. The Morgan fingerprint density at radius 3 is 2.50 bits per heavy atom. The summed E-state index contributed by atoms with van der Waals surface area (Å²) in [5.41, 5.74) is 5.44. The van der Waals surface area contributed by atoms with Gasteiger partial charge in [0.25, 0.3) is 0 Å². The first-order chi connectivity index (χ1) is 13.4. The van der Waals surface area contributed by atoms with Crippen molar-refractivity contribution in [2.45, 2.75) is 27.7 Å². The molecule has 1 aromatic carbocycles. The van der Waals surface area contributed by atoms with Gasteiger partial charge in [0.1, 0.15) is 5.69 Å². The van der Waals surface area contributed by atoms with Crippen LogP contribution in [0, 0.1) is 13.8 Å². The number of aryl methyl sites for hydroxylation is 2. The zero-order valence-corrected chi connectivity index (χ0v) is 17.1. The molecule has 5 heteroatoms. The number of esters is 1. The van der Waals surface area contributed by atoms with E-state index in [1.807, 2.05) is 54.8 Å². The van der Waals surface area contributed by atoms with Crippen molar-refractivity contribution in [1.29, 1.82) is 0 Å². The van der Waals surface area contributed by atoms with E-state index in [0.29, 0.717) is 17.2 Å². The van der Waals surface area contributed by atoms with Crippen LogP contribution < -0.4 is 0 Å². The molecule has 0 amide bonds. The highest BCUT2D eigenvalue weighted by Crippen LogP contribution is 2.45. The van der Waals surface area contributed by atoms with Gasteiger partial charge in [-0.3, -0.25) is 4.79 Å². The molecular weight excluding hydrogens is 370 g/mol. The fourth-order valence-electron chi connectivity index (χ4n) is 3.85. The molecule has 0 saturated heterocycles. The van der Waals surface area contributed by atoms with Gasteiger partial charge in [0.2, 0.25) is 0 Å². The van der Waals surface area contributed by atoms with Gasteiger partial charge >= 0.3 is 5.97 Å². The van der Waals surface area contributed by atoms with E-state index in [-0.39, 0.29) is 11.8 Å². The Balaban J connectivity index is 2.24. The molecule has 0 bridgehead atoms. The number of hydrogen-bond donors (Lipinski definition) is 0. The summed E-state index contributed by atoms with van der Waals surface area (Å²) in [6.45, 7) is 7.72. The Morgan fingerprint density at radius 2 is 1.86 bits per heavy atom. The summed E-state index contributed by atoms with van der Waals surface area (Å²) in [6.07, 6.45) is 1.96. The number of carbonyl (C=O) groups is 2. The van der Waals surface area contributed by atoms with Gasteiger partial charge in [-0.05, 0) is 44.4 Å². The number of carbonyl (C=O) groups excluding carboxylic acids is 2. The largest absolute Gasteiger partial charge is 0.461 e. The molecular formula is C23H21NO3S. The summed E-state index contributed by atoms with van der Waals surface area (Å²) in [7, 11) is 0. The molecule has 0 radical (unpaired) electrons. The molecule has 0 atom stereocenters. The molecule has 0 fully saturated rings. The summed E-state index contributed by atoms with van der Waals surface area (Å²) in [6, 6.07) is 12.0. The number of ether oxygens (including phenoxy) is 1. The minimum atomic E-state index is -0.367. The Kier molecular flexibility index (Phi) is 4.55. The van der Waals surface area contributed by atoms with E-state index in [4.69, 9.17) is 4.74 Å². The minimum absolute atomic E-state index is 0.00206. The van der Waals surface area contributed by atoms with E-state index >= 15 is 0 Å². The van der Waals surface area contributed by atoms with Crippen molar-refractivity contribution in [1.82, 2.24) is 4.40 Å². The third kappa shape index (κ3) is 2.74. The van der Waals surface area contributed by atoms with Crippen LogP contribution in [0.2, 0.25) is 0 Å². The van der Waals surface area contributed by atoms with E-state index in [9.17, 15) is 9.59 Å². The van der Waals surface area contributed by atoms with Crippen molar-refractivity contribution in [3.05, 3.63) is 64.3 Å². The van der Waals surface area contributed by atoms with Crippen molar-refractivity contribution < 1.29 is 14.3 Å². The molecule has 0 aliphatic heterocycles. The van der Waals surface area contributed by atoms with Crippen molar-refractivity contribution in [2.75, 3.05) is 6.61 Å². The van der Waals surface area contributed by atoms with Gasteiger partial charge in [0.05, 0.1) is 21.7 Å². The van der Waals surface area contributed by atoms with Crippen molar-refractivity contribution >= 4 is 38.7 Å². The first-order valence-corrected chi connectivity index (χ1v) is 10.1. The van der Waals surface area contributed by atoms with Crippen LogP contribution >= 0.6 is 11.3 Å². The maximum Gasteiger partial charge on any atom is 0.356 e. The molecule has 0 spiro atoms. The number of aromatic nitrogens is 1. The molecule has 4 rings (SSSR count). The topological polar surface area (TPSA) is 47.8 Å². The van der Waals surface area contributed by atoms with Crippen LogP contribution in [0.4, 0.5) is 0 Å². The second-order valence-electron chi connectivity index (χ2n) is 6.92. The van der Waals surface area contributed by atoms with Crippen LogP contribution in [-0.2, 0) is 4.74 Å². The van der Waals surface area contributed by atoms with Crippen molar-refractivity contribution in [3.63, 3.8) is 0 Å². The quantitative estimate of drug-likeness (QED) is 0.325. The van der Waals surface area contributed by atoms with Gasteiger partial charge in [-0.25, -0.2) is 4.79 Å². The standard InChI is InChI=1S/C23H21NO3S/c1-5-27-23(26)20-22-18(19-14(3)11-13(2)12-24(19)20)17(21(28-22)15(4)25)16-9-7-6-8-10-16/h6-12H,5H2,1-4H3. The van der Waals surface area contributed by atoms with Crippen LogP contribution in [0.1, 0.15) is 45.1 Å². The predicted molar refractivity (Wildman–Crippen MR) is 114 cm³/mol. The molecule has 0 unspecified atom stereocenters. The monoisotopic (exact) mass is 391 g/mol. The van der Waals surface area contributed by atoms with E-state index in [2.05, 4.69) is 6.07 Å². The fourth-order valence-corrected chi connectivity index (χ4v) is 5.10. The van der Waals surface area contributed by atoms with Gasteiger partial charge < -0.3 is 9.14 Å². The third-order valence-electron chi connectivity index (χ3n) is 4.84. The average molecular weight is 391 g/mol. The molecule has 4 aromatic rings. The molecule has 0 aliphatic rings. The SMILES string of the molecule is CCOC(=O)c1c2sc(C(C)=O)c(-c3ccccc3)c2c2c(C)cc(C)cn12. The Morgan fingerprint density at radius 1 is 1.14 bits per heavy atom. The zero-order chi connectivity index (χ0) is 20.0. The first kappa shape index (κ1) is 18.4. The summed E-state index contributed by atoms with van der Waals surface area (Å²) in [4.78, 5) is 26.0. The van der Waals surface area contributed by atoms with E-state index in [1.165, 1.54) is 11.3 Å². The van der Waals surface area contributed by atoms with Gasteiger partial charge in [-0.2, -0.15) is 0 Å². The Labute approximate surface area is 167 Å². The number of rotatable bonds is 4. The highest BCUT2D eigenvalue weighted by atomic mass is 32.1. The first-order valence-electron chi connectivity index (χ1n) is 9.25. The predicted octanol–water partition coefficient (Wildman–Crippen LogP) is 5.82. The molecule has 0 N–H and O–H groups in total. The van der Waals surface area contributed by atoms with Crippen molar-refractivity contribution in [2.24, 2.45) is 0 Å². The second kappa shape index (κ2) is 6.91. The van der Waals surface area contributed by atoms with Crippen LogP contribution in [-0.4, -0.2) is 22.8 Å². The van der Waals surface area contributed by atoms with E-state index < -0.39 is 0 Å². The van der Waals surface area contributed by atoms with Gasteiger partial charge in [-0.1, -0.05) is 36.4 Å². The number of fused-ring (bicyclic) bond motifs is 3. The van der Waals surface area contributed by atoms with Gasteiger partial charge in [0, 0.05) is 17.1 Å². The number of benzene rings is 1. The molecule has 3 heterocycles. The lowest BCUT2D eigenvalue weighted by Gasteiger charge is -2.08. The number of pyridine rings is 1. The van der Waals surface area contributed by atoms with Gasteiger partial charge in [-0.15, -0.1) is 11.3 Å². The van der Waals surface area contributed by atoms with E-state index in [1.54, 1.807) is 13.8 Å². The number of thiophene rings is 1. The fraction of sp³-hybridized carbons (Fsp3) is 0.217. The second-order valence-corrected chi connectivity index (χ2v) is 7.94. The highest BCUT2D eigenvalue weighted by Gasteiger charge is 2.28. The smallest absolute Gasteiger partial charge is 0.356 e. The summed E-state index contributed by atoms with van der Waals surface area (Å²) in [5, 5.41) is 0.946. The summed E-state index contributed by atoms with van der Waals surface area (Å²) < 4.78 is 8.09. The number of Topliss-reactive ketones (excluding diaryl/α,β-unsaturated/α-hetero) is 1. The minimum Gasteiger partial charge on any atom is -0.461 e. The lowest BCUT2D eigenvalue weighted by molar-refractivity contribution is 0.0521. The lowest BCUT2D eigenvalue weighted by Crippen LogP contribution is -2.08. The summed E-state index contributed by atoms with van der Waals surface area (Å²) in [5.74, 6) is -0.369. The number of hydrogen-bond acceptors (Lipinski definition) is 4. The molecule has 3 aromatic heterocycles. The Hall–Kier alpha value is -2.92. The highest BCUT2D eigenvalue weighted by molar-refractivity contribution is 7.22. The number of nitrogens with zero attached hydrogens (tertiary/aromatic N) is 1. The maximum atomic E-state index is 12.9. The van der Waals surface area contributed by atoms with Crippen LogP contribution in [0.3, 0.4) is 0 Å². The van der Waals surface area contributed by atoms with Crippen molar-refractivity contribution in [3.8, 4) is 11.1 Å². The molecule has 142 valence electrons. The Bertz CT molecular complexity index is 1230. The average Bonchev–Trinajstić information content (AvgIpc) is 3.16. The molecule has 28 heavy (non-hydrogen) atoms. The van der Waals surface area contributed by atoms with Crippen LogP contribution in [0.25, 0.3) is 26.7 Å². The van der Waals surface area contributed by atoms with Gasteiger partial charge in [0.15, 0.2) is 5.78 Å². The maximum absolute atomic E-state index is 12.9. The molecule has 0 aliphatic carbocycles. The number of ketones is 1. The van der Waals surface area contributed by atoms with Crippen LogP contribution in [0.15, 0.2) is 42.6 Å². The molecule has 0 saturated carbocycles. The van der Waals surface area contributed by atoms with E-state index in [0.717, 1.165) is 37.9 Å². The zero-order valence-electron chi connectivity index (χ0n) is 16.3. The third-order valence-corrected chi connectivity index (χ3v) is 6.14. The lowest BCUT2D eigenvalue weighted by atomic mass is 10.00. The molecule has 4 nitrogen and oxygen atoms in total.